The lowest BCUT2D eigenvalue weighted by atomic mass is 10.1. The third-order valence-corrected chi connectivity index (χ3v) is 4.23. The van der Waals surface area contributed by atoms with Crippen molar-refractivity contribution < 1.29 is 14.3 Å². The number of ether oxygens (including phenoxy) is 1. The third kappa shape index (κ3) is 6.13. The topological polar surface area (TPSA) is 58.6 Å². The van der Waals surface area contributed by atoms with Crippen LogP contribution in [-0.4, -0.2) is 49.4 Å². The molecule has 1 aliphatic heterocycles. The average molecular weight is 355 g/mol. The number of carbonyl (C=O) groups excluding carboxylic acids is 2. The number of nitrogens with zero attached hydrogens (tertiary/aromatic N) is 1. The van der Waals surface area contributed by atoms with Gasteiger partial charge in [0.05, 0.1) is 6.61 Å². The van der Waals surface area contributed by atoms with E-state index in [1.54, 1.807) is 12.1 Å². The summed E-state index contributed by atoms with van der Waals surface area (Å²) in [5, 5.41) is 3.25. The first-order valence-corrected chi connectivity index (χ1v) is 8.29. The van der Waals surface area contributed by atoms with Gasteiger partial charge >= 0.3 is 0 Å². The largest absolute Gasteiger partial charge is 0.494 e. The second-order valence-corrected chi connectivity index (χ2v) is 6.00. The highest BCUT2D eigenvalue weighted by Crippen LogP contribution is 2.15. The number of halogens is 1. The second-order valence-electron chi connectivity index (χ2n) is 6.00. The fourth-order valence-electron chi connectivity index (χ4n) is 2.82. The van der Waals surface area contributed by atoms with Crippen molar-refractivity contribution >= 4 is 24.1 Å². The Bertz CT molecular complexity index is 551. The maximum atomic E-state index is 12.2. The third-order valence-electron chi connectivity index (χ3n) is 4.23. The minimum absolute atomic E-state index is 0. The highest BCUT2D eigenvalue weighted by atomic mass is 35.5. The molecule has 1 heterocycles. The van der Waals surface area contributed by atoms with E-state index in [0.717, 1.165) is 25.9 Å². The van der Waals surface area contributed by atoms with Crippen LogP contribution in [0.2, 0.25) is 0 Å². The number of hydrogen-bond acceptors (Lipinski definition) is 4. The van der Waals surface area contributed by atoms with Gasteiger partial charge in [0.1, 0.15) is 5.75 Å². The van der Waals surface area contributed by atoms with Gasteiger partial charge in [-0.3, -0.25) is 9.59 Å². The van der Waals surface area contributed by atoms with Gasteiger partial charge in [-0.15, -0.1) is 12.4 Å². The predicted molar refractivity (Wildman–Crippen MR) is 97.1 cm³/mol. The Kier molecular flexibility index (Phi) is 8.79. The van der Waals surface area contributed by atoms with Gasteiger partial charge in [-0.2, -0.15) is 0 Å². The lowest BCUT2D eigenvalue weighted by Gasteiger charge is -2.32. The molecule has 1 aromatic carbocycles. The summed E-state index contributed by atoms with van der Waals surface area (Å²) in [5.41, 5.74) is 0.644. The summed E-state index contributed by atoms with van der Waals surface area (Å²) in [6.45, 7) is 3.68. The molecule has 1 saturated heterocycles. The van der Waals surface area contributed by atoms with Crippen molar-refractivity contribution in [2.75, 3.05) is 26.7 Å². The predicted octanol–water partition coefficient (Wildman–Crippen LogP) is 2.68. The van der Waals surface area contributed by atoms with Crippen molar-refractivity contribution in [2.24, 2.45) is 0 Å². The van der Waals surface area contributed by atoms with E-state index in [0.29, 0.717) is 36.8 Å². The summed E-state index contributed by atoms with van der Waals surface area (Å²) < 4.78 is 5.64. The number of rotatable bonds is 7. The van der Waals surface area contributed by atoms with Crippen LogP contribution in [0.3, 0.4) is 0 Å². The Balaban J connectivity index is 0.00000288. The van der Waals surface area contributed by atoms with Crippen LogP contribution in [0, 0.1) is 0 Å². The monoisotopic (exact) mass is 354 g/mol. The first-order chi connectivity index (χ1) is 11.1. The Morgan fingerprint density at radius 3 is 2.88 bits per heavy atom. The minimum atomic E-state index is 0. The van der Waals surface area contributed by atoms with E-state index in [1.165, 1.54) is 6.92 Å². The lowest BCUT2D eigenvalue weighted by Crippen LogP contribution is -2.46. The van der Waals surface area contributed by atoms with E-state index in [9.17, 15) is 9.59 Å². The van der Waals surface area contributed by atoms with Crippen LogP contribution in [0.4, 0.5) is 0 Å². The van der Waals surface area contributed by atoms with Crippen molar-refractivity contribution in [3.63, 3.8) is 0 Å². The summed E-state index contributed by atoms with van der Waals surface area (Å²) in [6.07, 6.45) is 3.38. The molecule has 1 aromatic rings. The number of carbonyl (C=O) groups is 2. The SMILES string of the molecule is CNC1CCCN(C(=O)CCCOc2cccc(C(C)=O)c2)C1.Cl. The van der Waals surface area contributed by atoms with E-state index in [2.05, 4.69) is 5.32 Å². The smallest absolute Gasteiger partial charge is 0.222 e. The van der Waals surface area contributed by atoms with Crippen LogP contribution in [0.5, 0.6) is 5.75 Å². The van der Waals surface area contributed by atoms with E-state index in [4.69, 9.17) is 4.74 Å². The van der Waals surface area contributed by atoms with E-state index in [1.807, 2.05) is 24.1 Å². The number of Topliss-reactive ketones (excluding diaryl/α,β-unsaturated/α-hetero) is 1. The van der Waals surface area contributed by atoms with Crippen LogP contribution in [-0.2, 0) is 4.79 Å². The number of amides is 1. The zero-order chi connectivity index (χ0) is 16.7. The summed E-state index contributed by atoms with van der Waals surface area (Å²) in [5.74, 6) is 0.902. The summed E-state index contributed by atoms with van der Waals surface area (Å²) in [7, 11) is 1.95. The molecule has 0 saturated carbocycles. The number of ketones is 1. The van der Waals surface area contributed by atoms with Crippen molar-refractivity contribution in [1.82, 2.24) is 10.2 Å². The number of nitrogens with one attached hydrogen (secondary N) is 1. The van der Waals surface area contributed by atoms with Crippen LogP contribution < -0.4 is 10.1 Å². The minimum Gasteiger partial charge on any atom is -0.494 e. The Morgan fingerprint density at radius 2 is 2.17 bits per heavy atom. The number of likely N-dealkylation sites (N-methyl/N-ethyl adjacent to an activating group) is 1. The summed E-state index contributed by atoms with van der Waals surface area (Å²) in [4.78, 5) is 25.5. The molecule has 1 amide bonds. The maximum Gasteiger partial charge on any atom is 0.222 e. The molecule has 1 atom stereocenters. The molecular formula is C18H27ClN2O3. The number of piperidine rings is 1. The Morgan fingerprint density at radius 1 is 1.38 bits per heavy atom. The zero-order valence-corrected chi connectivity index (χ0v) is 15.2. The van der Waals surface area contributed by atoms with E-state index >= 15 is 0 Å². The molecular weight excluding hydrogens is 328 g/mol. The van der Waals surface area contributed by atoms with Gasteiger partial charge < -0.3 is 15.0 Å². The fraction of sp³-hybridized carbons (Fsp3) is 0.556. The standard InChI is InChI=1S/C18H26N2O3.ClH/c1-14(21)15-6-3-8-17(12-15)23-11-5-9-18(22)20-10-4-7-16(13-20)19-2;/h3,6,8,12,16,19H,4-5,7,9-11,13H2,1-2H3;1H. The van der Waals surface area contributed by atoms with Gasteiger partial charge in [0, 0.05) is 31.1 Å². The van der Waals surface area contributed by atoms with Gasteiger partial charge in [0.15, 0.2) is 5.78 Å². The first-order valence-electron chi connectivity index (χ1n) is 8.29. The molecule has 0 bridgehead atoms. The number of benzene rings is 1. The highest BCUT2D eigenvalue weighted by molar-refractivity contribution is 5.94. The molecule has 2 rings (SSSR count). The van der Waals surface area contributed by atoms with E-state index < -0.39 is 0 Å². The molecule has 24 heavy (non-hydrogen) atoms. The van der Waals surface area contributed by atoms with Crippen molar-refractivity contribution in [3.05, 3.63) is 29.8 Å². The maximum absolute atomic E-state index is 12.2. The molecule has 1 N–H and O–H groups in total. The number of hydrogen-bond donors (Lipinski definition) is 1. The molecule has 1 aliphatic rings. The van der Waals surface area contributed by atoms with Gasteiger partial charge in [0.25, 0.3) is 0 Å². The molecule has 6 heteroatoms. The molecule has 134 valence electrons. The van der Waals surface area contributed by atoms with Crippen LogP contribution in [0.1, 0.15) is 43.0 Å². The Hall–Kier alpha value is -1.59. The van der Waals surface area contributed by atoms with E-state index in [-0.39, 0.29) is 24.1 Å². The molecule has 1 fully saturated rings. The quantitative estimate of drug-likeness (QED) is 0.604. The Labute approximate surface area is 150 Å². The van der Waals surface area contributed by atoms with Crippen molar-refractivity contribution in [1.29, 1.82) is 0 Å². The fourth-order valence-corrected chi connectivity index (χ4v) is 2.82. The van der Waals surface area contributed by atoms with Crippen LogP contribution in [0.15, 0.2) is 24.3 Å². The molecule has 0 spiro atoms. The summed E-state index contributed by atoms with van der Waals surface area (Å²) in [6, 6.07) is 7.57. The molecule has 1 unspecified atom stereocenters. The van der Waals surface area contributed by atoms with Crippen molar-refractivity contribution in [2.45, 2.75) is 38.6 Å². The second kappa shape index (κ2) is 10.3. The van der Waals surface area contributed by atoms with Gasteiger partial charge in [-0.25, -0.2) is 0 Å². The van der Waals surface area contributed by atoms with Crippen LogP contribution >= 0.6 is 12.4 Å². The molecule has 5 nitrogen and oxygen atoms in total. The summed E-state index contributed by atoms with van der Waals surface area (Å²) >= 11 is 0. The normalized spacial score (nSPS) is 17.1. The molecule has 0 aromatic heterocycles. The molecule has 0 radical (unpaired) electrons. The van der Waals surface area contributed by atoms with Gasteiger partial charge in [0.2, 0.25) is 5.91 Å². The van der Waals surface area contributed by atoms with Crippen molar-refractivity contribution in [3.8, 4) is 5.75 Å². The van der Waals surface area contributed by atoms with Crippen LogP contribution in [0.25, 0.3) is 0 Å². The lowest BCUT2D eigenvalue weighted by molar-refractivity contribution is -0.132. The zero-order valence-electron chi connectivity index (χ0n) is 14.4. The highest BCUT2D eigenvalue weighted by Gasteiger charge is 2.21. The van der Waals surface area contributed by atoms with Gasteiger partial charge in [-0.05, 0) is 45.4 Å². The first kappa shape index (κ1) is 20.5. The van der Waals surface area contributed by atoms with Gasteiger partial charge in [-0.1, -0.05) is 12.1 Å². The molecule has 0 aliphatic carbocycles. The average Bonchev–Trinajstić information content (AvgIpc) is 2.58. The number of likely N-dealkylation sites (tertiary alicyclic amines) is 1.